The number of benzene rings is 2. The fourth-order valence-corrected chi connectivity index (χ4v) is 6.58. The van der Waals surface area contributed by atoms with E-state index < -0.39 is 0 Å². The average Bonchev–Trinajstić information content (AvgIpc) is 3.75. The van der Waals surface area contributed by atoms with Crippen molar-refractivity contribution in [3.63, 3.8) is 0 Å². The van der Waals surface area contributed by atoms with Gasteiger partial charge < -0.3 is 18.8 Å². The lowest BCUT2D eigenvalue weighted by molar-refractivity contribution is 0.0144. The first kappa shape index (κ1) is 26.5. The summed E-state index contributed by atoms with van der Waals surface area (Å²) in [6.45, 7) is 8.27. The van der Waals surface area contributed by atoms with E-state index in [1.165, 1.54) is 51.9 Å². The van der Waals surface area contributed by atoms with Crippen LogP contribution in [-0.4, -0.2) is 74.2 Å². The lowest BCUT2D eigenvalue weighted by atomic mass is 9.83. The van der Waals surface area contributed by atoms with Crippen molar-refractivity contribution in [2.24, 2.45) is 0 Å². The Morgan fingerprint density at radius 1 is 0.795 bits per heavy atom. The number of para-hydroxylation sites is 1. The van der Waals surface area contributed by atoms with Gasteiger partial charge in [-0.3, -0.25) is 9.69 Å². The summed E-state index contributed by atoms with van der Waals surface area (Å²) in [5, 5.41) is 0.910. The monoisotopic (exact) mass is 530 g/mol. The van der Waals surface area contributed by atoms with Crippen molar-refractivity contribution >= 4 is 16.8 Å². The second-order valence-electron chi connectivity index (χ2n) is 11.5. The molecule has 3 aliphatic rings. The molecule has 1 aliphatic carbocycles. The second kappa shape index (κ2) is 12.7. The molecule has 2 saturated heterocycles. The van der Waals surface area contributed by atoms with Crippen LogP contribution >= 0.6 is 0 Å². The van der Waals surface area contributed by atoms with Crippen LogP contribution in [-0.2, 0) is 4.74 Å². The predicted octanol–water partition coefficient (Wildman–Crippen LogP) is 6.28. The summed E-state index contributed by atoms with van der Waals surface area (Å²) in [5.74, 6) is 1.93. The molecule has 0 atom stereocenters. The number of fused-ring (bicyclic) bond motifs is 1. The average molecular weight is 531 g/mol. The maximum Gasteiger partial charge on any atom is 0.197 e. The van der Waals surface area contributed by atoms with Crippen molar-refractivity contribution in [3.8, 4) is 5.75 Å². The number of rotatable bonds is 11. The Morgan fingerprint density at radius 2 is 1.44 bits per heavy atom. The van der Waals surface area contributed by atoms with Crippen LogP contribution in [0, 0.1) is 0 Å². The number of hydrogen-bond donors (Lipinski definition) is 0. The van der Waals surface area contributed by atoms with Gasteiger partial charge in [-0.2, -0.15) is 0 Å². The van der Waals surface area contributed by atoms with Crippen LogP contribution in [0.4, 0.5) is 0 Å². The molecule has 0 amide bonds. The highest BCUT2D eigenvalue weighted by molar-refractivity contribution is 6.17. The van der Waals surface area contributed by atoms with Gasteiger partial charge >= 0.3 is 0 Å². The van der Waals surface area contributed by atoms with E-state index in [1.807, 2.05) is 48.5 Å². The molecule has 2 aliphatic heterocycles. The van der Waals surface area contributed by atoms with Crippen molar-refractivity contribution in [1.29, 1.82) is 0 Å². The van der Waals surface area contributed by atoms with E-state index in [0.29, 0.717) is 18.3 Å². The minimum atomic E-state index is 0.0301. The van der Waals surface area contributed by atoms with Gasteiger partial charge in [-0.05, 0) is 108 Å². The van der Waals surface area contributed by atoms with Crippen LogP contribution in [0.2, 0.25) is 0 Å². The summed E-state index contributed by atoms with van der Waals surface area (Å²) in [5.41, 5.74) is 2.20. The van der Waals surface area contributed by atoms with Crippen molar-refractivity contribution in [2.45, 2.75) is 63.4 Å². The Hall–Kier alpha value is -2.67. The van der Waals surface area contributed by atoms with E-state index in [2.05, 4.69) is 9.80 Å². The van der Waals surface area contributed by atoms with Gasteiger partial charge in [-0.1, -0.05) is 18.2 Å². The molecule has 0 radical (unpaired) electrons. The van der Waals surface area contributed by atoms with Gasteiger partial charge in [0.2, 0.25) is 0 Å². The Kier molecular flexibility index (Phi) is 8.62. The molecule has 0 N–H and O–H groups in total. The molecular formula is C33H42N2O4. The number of furan rings is 1. The fourth-order valence-electron chi connectivity index (χ4n) is 6.58. The van der Waals surface area contributed by atoms with Crippen molar-refractivity contribution in [3.05, 3.63) is 65.4 Å². The topological polar surface area (TPSA) is 55.1 Å². The summed E-state index contributed by atoms with van der Waals surface area (Å²) in [6.07, 6.45) is 9.52. The number of hydrogen-bond acceptors (Lipinski definition) is 6. The smallest absolute Gasteiger partial charge is 0.197 e. The highest BCUT2D eigenvalue weighted by Gasteiger charge is 2.31. The fraction of sp³-hybridized carbons (Fsp3) is 0.545. The normalized spacial score (nSPS) is 22.6. The molecule has 2 aromatic carbocycles. The summed E-state index contributed by atoms with van der Waals surface area (Å²) in [6, 6.07) is 15.6. The minimum Gasteiger partial charge on any atom is -0.492 e. The number of ether oxygens (including phenoxy) is 2. The molecular weight excluding hydrogens is 488 g/mol. The van der Waals surface area contributed by atoms with Gasteiger partial charge in [0.1, 0.15) is 23.7 Å². The first-order valence-electron chi connectivity index (χ1n) is 15.1. The Morgan fingerprint density at radius 3 is 2.13 bits per heavy atom. The van der Waals surface area contributed by atoms with E-state index in [9.17, 15) is 4.79 Å². The van der Waals surface area contributed by atoms with E-state index in [0.717, 1.165) is 73.4 Å². The third-order valence-corrected chi connectivity index (χ3v) is 8.85. The Labute approximate surface area is 232 Å². The van der Waals surface area contributed by atoms with Gasteiger partial charge in [0.15, 0.2) is 5.78 Å². The van der Waals surface area contributed by atoms with Crippen LogP contribution in [0.5, 0.6) is 5.75 Å². The van der Waals surface area contributed by atoms with Gasteiger partial charge in [0.05, 0.1) is 18.3 Å². The van der Waals surface area contributed by atoms with Gasteiger partial charge in [-0.15, -0.1) is 0 Å². The second-order valence-corrected chi connectivity index (χ2v) is 11.5. The lowest BCUT2D eigenvalue weighted by Gasteiger charge is -2.28. The van der Waals surface area contributed by atoms with Crippen LogP contribution < -0.4 is 4.74 Å². The molecule has 3 fully saturated rings. The molecule has 0 unspecified atom stereocenters. The van der Waals surface area contributed by atoms with E-state index >= 15 is 0 Å². The Balaban J connectivity index is 1.10. The summed E-state index contributed by atoms with van der Waals surface area (Å²) in [7, 11) is 0. The molecule has 208 valence electrons. The van der Waals surface area contributed by atoms with Crippen LogP contribution in [0.1, 0.15) is 79.0 Å². The third kappa shape index (κ3) is 6.40. The number of ketones is 1. The standard InChI is InChI=1S/C33H42N2O4/c36-32(25-9-13-27(14-10-25)37-23-21-34-17-3-4-18-34)31-29-7-1-2-8-30(29)39-33(31)26-11-15-28(16-12-26)38-24-22-35-19-5-6-20-35/h1-2,7-10,13-14,26,28H,3-6,11-12,15-24H2. The maximum absolute atomic E-state index is 13.9. The number of nitrogens with zero attached hydrogens (tertiary/aromatic N) is 2. The first-order chi connectivity index (χ1) is 19.2. The van der Waals surface area contributed by atoms with Gasteiger partial charge in [0, 0.05) is 30.0 Å². The highest BCUT2D eigenvalue weighted by Crippen LogP contribution is 2.40. The molecule has 3 heterocycles. The molecule has 6 rings (SSSR count). The predicted molar refractivity (Wildman–Crippen MR) is 154 cm³/mol. The third-order valence-electron chi connectivity index (χ3n) is 8.85. The zero-order valence-corrected chi connectivity index (χ0v) is 23.1. The zero-order valence-electron chi connectivity index (χ0n) is 23.1. The summed E-state index contributed by atoms with van der Waals surface area (Å²) >= 11 is 0. The summed E-state index contributed by atoms with van der Waals surface area (Å²) in [4.78, 5) is 18.8. The molecule has 6 nitrogen and oxygen atoms in total. The molecule has 39 heavy (non-hydrogen) atoms. The Bertz CT molecular complexity index is 1220. The molecule has 6 heteroatoms. The zero-order chi connectivity index (χ0) is 26.4. The molecule has 0 spiro atoms. The van der Waals surface area contributed by atoms with Crippen molar-refractivity contribution in [2.75, 3.05) is 52.5 Å². The number of carbonyl (C=O) groups excluding carboxylic acids is 1. The SMILES string of the molecule is O=C(c1ccc(OCCN2CCCC2)cc1)c1c(C2CCC(OCCN3CCCC3)CC2)oc2ccccc12. The first-order valence-corrected chi connectivity index (χ1v) is 15.1. The van der Waals surface area contributed by atoms with Crippen LogP contribution in [0.3, 0.4) is 0 Å². The van der Waals surface area contributed by atoms with E-state index in [-0.39, 0.29) is 11.7 Å². The maximum atomic E-state index is 13.9. The number of likely N-dealkylation sites (tertiary alicyclic amines) is 2. The minimum absolute atomic E-state index is 0.0301. The largest absolute Gasteiger partial charge is 0.492 e. The van der Waals surface area contributed by atoms with Crippen LogP contribution in [0.25, 0.3) is 11.0 Å². The van der Waals surface area contributed by atoms with Crippen molar-refractivity contribution < 1.29 is 18.7 Å². The van der Waals surface area contributed by atoms with Crippen LogP contribution in [0.15, 0.2) is 52.9 Å². The van der Waals surface area contributed by atoms with Gasteiger partial charge in [0.25, 0.3) is 0 Å². The van der Waals surface area contributed by atoms with Crippen molar-refractivity contribution in [1.82, 2.24) is 9.80 Å². The highest BCUT2D eigenvalue weighted by atomic mass is 16.5. The lowest BCUT2D eigenvalue weighted by Crippen LogP contribution is -2.28. The number of carbonyl (C=O) groups is 1. The quantitative estimate of drug-likeness (QED) is 0.272. The molecule has 3 aromatic rings. The van der Waals surface area contributed by atoms with E-state index in [1.54, 1.807) is 0 Å². The molecule has 1 saturated carbocycles. The molecule has 0 bridgehead atoms. The summed E-state index contributed by atoms with van der Waals surface area (Å²) < 4.78 is 18.6. The van der Waals surface area contributed by atoms with E-state index in [4.69, 9.17) is 13.9 Å². The molecule has 1 aromatic heterocycles. The van der Waals surface area contributed by atoms with Gasteiger partial charge in [-0.25, -0.2) is 0 Å².